The van der Waals surface area contributed by atoms with Crippen LogP contribution in [0.1, 0.15) is 136 Å². The number of Topliss-reactive ketones (excluding diaryl/α,β-unsaturated/α-hetero) is 2. The zero-order chi connectivity index (χ0) is 50.2. The number of nitrogens with zero attached hydrogens (tertiary/aromatic N) is 3. The molecule has 7 amide bonds. The van der Waals surface area contributed by atoms with Crippen molar-refractivity contribution < 1.29 is 81.4 Å². The van der Waals surface area contributed by atoms with Crippen molar-refractivity contribution in [1.29, 1.82) is 0 Å². The van der Waals surface area contributed by atoms with E-state index in [1.807, 2.05) is 4.90 Å². The van der Waals surface area contributed by atoms with E-state index in [0.717, 1.165) is 0 Å². The molecule has 0 aromatic carbocycles. The number of alkyl carbamates (subject to hydrolysis) is 1. The molecule has 2 fully saturated rings. The monoisotopic (exact) mass is 968 g/mol. The molecule has 2 aliphatic rings. The third-order valence-electron chi connectivity index (χ3n) is 9.93. The molecule has 2 aliphatic heterocycles. The minimum Gasteiger partial charge on any atom is -0.444 e. The van der Waals surface area contributed by atoms with Crippen LogP contribution >= 0.6 is 0 Å². The number of rotatable bonds is 38. The molecule has 0 spiro atoms. The summed E-state index contributed by atoms with van der Waals surface area (Å²) in [6.07, 6.45) is 2.53. The molecular weight excluding hydrogens is 897 g/mol. The first-order chi connectivity index (χ1) is 32.4. The van der Waals surface area contributed by atoms with Gasteiger partial charge in [0.15, 0.2) is 0 Å². The summed E-state index contributed by atoms with van der Waals surface area (Å²) in [4.78, 5) is 143. The number of ketones is 2. The Labute approximate surface area is 397 Å². The summed E-state index contributed by atoms with van der Waals surface area (Å²) in [5.74, 6) is -4.50. The van der Waals surface area contributed by atoms with E-state index >= 15 is 0 Å². The van der Waals surface area contributed by atoms with Gasteiger partial charge in [0, 0.05) is 130 Å². The van der Waals surface area contributed by atoms with Gasteiger partial charge in [0.05, 0.1) is 26.4 Å². The van der Waals surface area contributed by atoms with Crippen LogP contribution in [0.2, 0.25) is 0 Å². The van der Waals surface area contributed by atoms with E-state index in [2.05, 4.69) is 16.0 Å². The fraction of sp³-hybridized carbons (Fsp3) is 0.756. The van der Waals surface area contributed by atoms with Gasteiger partial charge in [-0.15, -0.1) is 10.1 Å². The van der Waals surface area contributed by atoms with Gasteiger partial charge in [-0.25, -0.2) is 14.4 Å². The van der Waals surface area contributed by atoms with Crippen molar-refractivity contribution in [2.45, 2.75) is 142 Å². The second-order valence-corrected chi connectivity index (χ2v) is 17.1. The van der Waals surface area contributed by atoms with Crippen LogP contribution in [0.25, 0.3) is 0 Å². The maximum Gasteiger partial charge on any atom is 0.407 e. The third-order valence-corrected chi connectivity index (χ3v) is 9.93. The van der Waals surface area contributed by atoms with Crippen molar-refractivity contribution >= 4 is 65.0 Å². The summed E-state index contributed by atoms with van der Waals surface area (Å²) in [7, 11) is 0. The van der Waals surface area contributed by atoms with E-state index in [1.165, 1.54) is 0 Å². The van der Waals surface area contributed by atoms with Crippen LogP contribution in [0, 0.1) is 0 Å². The number of imide groups is 2. The Morgan fingerprint density at radius 1 is 0.471 bits per heavy atom. The van der Waals surface area contributed by atoms with E-state index < -0.39 is 47.3 Å². The van der Waals surface area contributed by atoms with Crippen molar-refractivity contribution in [1.82, 2.24) is 31.0 Å². The molecule has 2 heterocycles. The van der Waals surface area contributed by atoms with Gasteiger partial charge in [-0.3, -0.25) is 38.4 Å². The highest BCUT2D eigenvalue weighted by Gasteiger charge is 2.33. The van der Waals surface area contributed by atoms with Gasteiger partial charge >= 0.3 is 18.0 Å². The minimum atomic E-state index is -0.768. The van der Waals surface area contributed by atoms with Crippen LogP contribution in [-0.2, 0) is 76.6 Å². The molecule has 68 heavy (non-hydrogen) atoms. The van der Waals surface area contributed by atoms with Crippen LogP contribution in [0.3, 0.4) is 0 Å². The van der Waals surface area contributed by atoms with Crippen molar-refractivity contribution in [2.24, 2.45) is 0 Å². The van der Waals surface area contributed by atoms with Crippen molar-refractivity contribution in [2.75, 3.05) is 78.9 Å². The molecule has 0 aromatic rings. The number of nitrogens with one attached hydrogen (secondary N) is 3. The molecule has 2 rings (SSSR count). The van der Waals surface area contributed by atoms with E-state index in [4.69, 9.17) is 28.6 Å². The Morgan fingerprint density at radius 3 is 1.28 bits per heavy atom. The Morgan fingerprint density at radius 2 is 0.853 bits per heavy atom. The number of amides is 7. The van der Waals surface area contributed by atoms with E-state index in [0.29, 0.717) is 102 Å². The van der Waals surface area contributed by atoms with E-state index in [-0.39, 0.29) is 126 Å². The number of carbonyl (C=O) groups is 11. The highest BCUT2D eigenvalue weighted by atomic mass is 16.7. The predicted molar refractivity (Wildman–Crippen MR) is 238 cm³/mol. The molecule has 23 nitrogen and oxygen atoms in total. The molecule has 3 N–H and O–H groups in total. The van der Waals surface area contributed by atoms with Gasteiger partial charge in [0.25, 0.3) is 23.6 Å². The first-order valence-corrected chi connectivity index (χ1v) is 23.6. The topological polar surface area (TPSA) is 289 Å². The standard InChI is InChI=1S/C45H72N6O17/c1-45(2,3)66-44(62)48-24-8-28-63-30-32-65-33-31-64-29-9-25-49(26-20-36(54)46-22-6-12-34(52)10-4-14-42(60)67-50-38(56)16-17-39(50)57)27-21-37(55)47-23-7-13-35(53)11-5-15-43(61)68-51-40(58)18-19-41(51)59/h4-33H2,1-3H3,(H,46,54)(H,47,55)(H,48,62). The predicted octanol–water partition coefficient (Wildman–Crippen LogP) is 1.91. The van der Waals surface area contributed by atoms with E-state index in [9.17, 15) is 52.7 Å². The molecule has 0 radical (unpaired) electrons. The van der Waals surface area contributed by atoms with Crippen LogP contribution in [0.4, 0.5) is 4.79 Å². The summed E-state index contributed by atoms with van der Waals surface area (Å²) in [5, 5.41) is 9.22. The normalized spacial score (nSPS) is 13.8. The van der Waals surface area contributed by atoms with Crippen LogP contribution < -0.4 is 16.0 Å². The number of hydroxylamine groups is 4. The number of carbonyl (C=O) groups excluding carboxylic acids is 11. The van der Waals surface area contributed by atoms with Gasteiger partial charge < -0.3 is 49.5 Å². The minimum absolute atomic E-state index is 0.00793. The summed E-state index contributed by atoms with van der Waals surface area (Å²) in [6.45, 7) is 9.97. The highest BCUT2D eigenvalue weighted by Crippen LogP contribution is 2.15. The van der Waals surface area contributed by atoms with Gasteiger partial charge in [0.1, 0.15) is 17.2 Å². The average Bonchev–Trinajstić information content (AvgIpc) is 3.76. The van der Waals surface area contributed by atoms with E-state index in [1.54, 1.807) is 20.8 Å². The molecule has 0 saturated carbocycles. The number of ether oxygens (including phenoxy) is 4. The van der Waals surface area contributed by atoms with Gasteiger partial charge in [-0.05, 0) is 59.3 Å². The summed E-state index contributed by atoms with van der Waals surface area (Å²) < 4.78 is 22.0. The molecule has 0 unspecified atom stereocenters. The average molecular weight is 969 g/mol. The first kappa shape index (κ1) is 58.7. The lowest BCUT2D eigenvalue weighted by molar-refractivity contribution is -0.197. The molecule has 384 valence electrons. The van der Waals surface area contributed by atoms with Crippen LogP contribution in [0.5, 0.6) is 0 Å². The Hall–Kier alpha value is -5.39. The Balaban J connectivity index is 1.63. The van der Waals surface area contributed by atoms with Gasteiger partial charge in [-0.1, -0.05) is 0 Å². The molecular formula is C45H72N6O17. The van der Waals surface area contributed by atoms with Crippen molar-refractivity contribution in [3.05, 3.63) is 0 Å². The summed E-state index contributed by atoms with van der Waals surface area (Å²) in [5.41, 5.74) is -0.556. The second-order valence-electron chi connectivity index (χ2n) is 17.1. The SMILES string of the molecule is CC(C)(C)OC(=O)NCCCOCCOCCOCCCN(CCC(=O)NCCCC(=O)CCCC(=O)ON1C(=O)CCC1=O)CCC(=O)NCCCC(=O)CCCC(=O)ON1C(=O)CCC1=O. The first-order valence-electron chi connectivity index (χ1n) is 23.6. The lowest BCUT2D eigenvalue weighted by Gasteiger charge is -2.22. The van der Waals surface area contributed by atoms with Crippen molar-refractivity contribution in [3.63, 3.8) is 0 Å². The third kappa shape index (κ3) is 28.7. The lowest BCUT2D eigenvalue weighted by Crippen LogP contribution is -2.35. The maximum atomic E-state index is 12.7. The maximum absolute atomic E-state index is 12.7. The fourth-order valence-electron chi connectivity index (χ4n) is 6.39. The Bertz CT molecular complexity index is 1560. The molecule has 0 atom stereocenters. The van der Waals surface area contributed by atoms with Gasteiger partial charge in [0.2, 0.25) is 11.8 Å². The second kappa shape index (κ2) is 34.0. The summed E-state index contributed by atoms with van der Waals surface area (Å²) in [6, 6.07) is 0. The van der Waals surface area contributed by atoms with Crippen molar-refractivity contribution in [3.8, 4) is 0 Å². The van der Waals surface area contributed by atoms with Crippen LogP contribution in [-0.4, -0.2) is 165 Å². The molecule has 0 aliphatic carbocycles. The molecule has 0 aromatic heterocycles. The van der Waals surface area contributed by atoms with Gasteiger partial charge in [-0.2, -0.15) is 0 Å². The molecule has 0 bridgehead atoms. The molecule has 2 saturated heterocycles. The van der Waals surface area contributed by atoms with Crippen LogP contribution in [0.15, 0.2) is 0 Å². The summed E-state index contributed by atoms with van der Waals surface area (Å²) >= 11 is 0. The zero-order valence-electron chi connectivity index (χ0n) is 40.0. The molecule has 23 heteroatoms. The fourth-order valence-corrected chi connectivity index (χ4v) is 6.39. The number of hydrogen-bond acceptors (Lipinski definition) is 18. The highest BCUT2D eigenvalue weighted by molar-refractivity contribution is 6.02. The smallest absolute Gasteiger partial charge is 0.407 e. The Kier molecular flexibility index (Phi) is 29.4. The quantitative estimate of drug-likeness (QED) is 0.0588. The number of hydrogen-bond donors (Lipinski definition) is 3. The largest absolute Gasteiger partial charge is 0.444 e. The zero-order valence-corrected chi connectivity index (χ0v) is 40.0. The lowest BCUT2D eigenvalue weighted by atomic mass is 10.1.